The van der Waals surface area contributed by atoms with E-state index in [4.69, 9.17) is 10.4 Å². The van der Waals surface area contributed by atoms with Gasteiger partial charge in [0, 0.05) is 11.4 Å². The number of aromatic nitrogens is 2. The van der Waals surface area contributed by atoms with E-state index in [0.29, 0.717) is 0 Å². The van der Waals surface area contributed by atoms with Crippen molar-refractivity contribution in [1.29, 1.82) is 0 Å². The van der Waals surface area contributed by atoms with Gasteiger partial charge in [-0.25, -0.2) is 18.7 Å². The number of unbranched alkanes of at least 4 members (excludes halogenated alkanes) is 7. The number of rotatable bonds is 13. The zero-order chi connectivity index (χ0) is 21.6. The molecule has 0 aliphatic carbocycles. The Morgan fingerprint density at radius 1 is 0.633 bits per heavy atom. The maximum absolute atomic E-state index is 13.4. The third-order valence-electron chi connectivity index (χ3n) is 4.84. The molecule has 0 unspecified atom stereocenters. The van der Waals surface area contributed by atoms with Crippen molar-refractivity contribution in [2.75, 3.05) is 0 Å². The second-order valence-corrected chi connectivity index (χ2v) is 7.16. The van der Waals surface area contributed by atoms with E-state index in [1.54, 1.807) is 12.1 Å². The van der Waals surface area contributed by atoms with Crippen molar-refractivity contribution in [2.24, 2.45) is 10.3 Å². The second kappa shape index (κ2) is 13.3. The molecule has 0 spiro atoms. The third kappa shape index (κ3) is 8.23. The Morgan fingerprint density at radius 2 is 1.00 bits per heavy atom. The van der Waals surface area contributed by atoms with E-state index in [2.05, 4.69) is 20.3 Å². The van der Waals surface area contributed by atoms with Gasteiger partial charge in [0.05, 0.1) is 12.4 Å². The molecule has 8 heteroatoms. The number of hydrogen-bond acceptors (Lipinski definition) is 6. The minimum absolute atomic E-state index is 0.0589. The van der Waals surface area contributed by atoms with Crippen LogP contribution in [0, 0.1) is 11.6 Å². The molecule has 0 saturated heterocycles. The van der Waals surface area contributed by atoms with Gasteiger partial charge < -0.3 is 10.4 Å². The van der Waals surface area contributed by atoms with Crippen LogP contribution in [-0.2, 0) is 12.8 Å². The summed E-state index contributed by atoms with van der Waals surface area (Å²) in [7, 11) is 0. The van der Waals surface area contributed by atoms with Crippen molar-refractivity contribution < 1.29 is 19.2 Å². The molecule has 0 atom stereocenters. The first kappa shape index (κ1) is 23.4. The molecular formula is C22H28F2N4O2. The highest BCUT2D eigenvalue weighted by molar-refractivity contribution is 5.77. The fourth-order valence-corrected chi connectivity index (χ4v) is 3.24. The number of hydrogen-bond donors (Lipinski definition) is 2. The molecule has 0 amide bonds. The summed E-state index contributed by atoms with van der Waals surface area (Å²) < 4.78 is 26.9. The summed E-state index contributed by atoms with van der Waals surface area (Å²) in [5, 5.41) is 22.7. The van der Waals surface area contributed by atoms with E-state index in [-0.39, 0.29) is 11.4 Å². The molecule has 0 bridgehead atoms. The lowest BCUT2D eigenvalue weighted by molar-refractivity contribution is 0.321. The second-order valence-electron chi connectivity index (χ2n) is 7.16. The Morgan fingerprint density at radius 3 is 1.37 bits per heavy atom. The average molecular weight is 418 g/mol. The van der Waals surface area contributed by atoms with Gasteiger partial charge in [-0.05, 0) is 49.9 Å². The average Bonchev–Trinajstić information content (AvgIpc) is 2.74. The molecule has 2 aromatic heterocycles. The zero-order valence-corrected chi connectivity index (χ0v) is 17.0. The molecule has 0 fully saturated rings. The number of pyridine rings is 2. The van der Waals surface area contributed by atoms with Crippen molar-refractivity contribution in [3.05, 3.63) is 58.7 Å². The SMILES string of the molecule is ON=Cc1nc(CCCCCCCCCCc2ccc(F)c(C=NO)n2)ccc1F. The van der Waals surface area contributed by atoms with Crippen molar-refractivity contribution in [3.8, 4) is 0 Å². The van der Waals surface area contributed by atoms with Crippen LogP contribution in [0.15, 0.2) is 34.6 Å². The molecule has 2 aromatic rings. The molecule has 0 saturated carbocycles. The van der Waals surface area contributed by atoms with Gasteiger partial charge in [0.15, 0.2) is 11.6 Å². The van der Waals surface area contributed by atoms with E-state index >= 15 is 0 Å². The Labute approximate surface area is 175 Å². The monoisotopic (exact) mass is 418 g/mol. The van der Waals surface area contributed by atoms with Crippen LogP contribution < -0.4 is 0 Å². The van der Waals surface area contributed by atoms with Gasteiger partial charge in [0.2, 0.25) is 0 Å². The number of oxime groups is 2. The van der Waals surface area contributed by atoms with Gasteiger partial charge in [0.1, 0.15) is 11.4 Å². The molecule has 0 aromatic carbocycles. The highest BCUT2D eigenvalue weighted by Crippen LogP contribution is 2.13. The summed E-state index contributed by atoms with van der Waals surface area (Å²) in [6.07, 6.45) is 12.4. The predicted octanol–water partition coefficient (Wildman–Crippen LogP) is 5.28. The van der Waals surface area contributed by atoms with Crippen molar-refractivity contribution in [3.63, 3.8) is 0 Å². The first-order valence-electron chi connectivity index (χ1n) is 10.3. The molecule has 0 aliphatic rings. The predicted molar refractivity (Wildman–Crippen MR) is 111 cm³/mol. The summed E-state index contributed by atoms with van der Waals surface area (Å²) in [6, 6.07) is 6.03. The third-order valence-corrected chi connectivity index (χ3v) is 4.84. The van der Waals surface area contributed by atoms with Crippen LogP contribution in [0.25, 0.3) is 0 Å². The zero-order valence-electron chi connectivity index (χ0n) is 17.0. The summed E-state index contributed by atoms with van der Waals surface area (Å²) in [4.78, 5) is 8.29. The lowest BCUT2D eigenvalue weighted by Crippen LogP contribution is -1.99. The van der Waals surface area contributed by atoms with Crippen LogP contribution in [0.1, 0.15) is 74.1 Å². The minimum Gasteiger partial charge on any atom is -0.411 e. The molecule has 6 nitrogen and oxygen atoms in total. The lowest BCUT2D eigenvalue weighted by Gasteiger charge is -2.05. The largest absolute Gasteiger partial charge is 0.411 e. The van der Waals surface area contributed by atoms with Gasteiger partial charge >= 0.3 is 0 Å². The van der Waals surface area contributed by atoms with Crippen molar-refractivity contribution in [1.82, 2.24) is 9.97 Å². The molecule has 2 heterocycles. The van der Waals surface area contributed by atoms with Crippen LogP contribution in [0.3, 0.4) is 0 Å². The first-order valence-corrected chi connectivity index (χ1v) is 10.3. The molecule has 0 aliphatic heterocycles. The van der Waals surface area contributed by atoms with Crippen molar-refractivity contribution in [2.45, 2.75) is 64.2 Å². The van der Waals surface area contributed by atoms with E-state index in [0.717, 1.165) is 75.2 Å². The normalized spacial score (nSPS) is 11.7. The molecule has 162 valence electrons. The first-order chi connectivity index (χ1) is 14.6. The summed E-state index contributed by atoms with van der Waals surface area (Å²) >= 11 is 0. The quantitative estimate of drug-likeness (QED) is 0.200. The van der Waals surface area contributed by atoms with Crippen LogP contribution in [-0.4, -0.2) is 32.8 Å². The fourth-order valence-electron chi connectivity index (χ4n) is 3.24. The highest BCUT2D eigenvalue weighted by Gasteiger charge is 2.05. The van der Waals surface area contributed by atoms with Crippen LogP contribution in [0.4, 0.5) is 8.78 Å². The Balaban J connectivity index is 1.53. The molecule has 2 N–H and O–H groups in total. The maximum atomic E-state index is 13.4. The van der Waals surface area contributed by atoms with Crippen LogP contribution in [0.2, 0.25) is 0 Å². The molecular weight excluding hydrogens is 390 g/mol. The molecule has 30 heavy (non-hydrogen) atoms. The summed E-state index contributed by atoms with van der Waals surface area (Å²) in [5.74, 6) is -0.989. The molecule has 2 rings (SSSR count). The van der Waals surface area contributed by atoms with Gasteiger partial charge in [-0.2, -0.15) is 0 Å². The number of aryl methyl sites for hydroxylation is 2. The van der Waals surface area contributed by atoms with Gasteiger partial charge in [-0.3, -0.25) is 0 Å². The fraction of sp³-hybridized carbons (Fsp3) is 0.455. The molecule has 0 radical (unpaired) electrons. The van der Waals surface area contributed by atoms with Crippen LogP contribution in [0.5, 0.6) is 0 Å². The summed E-state index contributed by atoms with van der Waals surface area (Å²) in [6.45, 7) is 0. The number of halogens is 2. The van der Waals surface area contributed by atoms with E-state index in [9.17, 15) is 8.78 Å². The van der Waals surface area contributed by atoms with Crippen molar-refractivity contribution >= 4 is 12.4 Å². The Hall–Kier alpha value is -2.90. The van der Waals surface area contributed by atoms with E-state index in [1.807, 2.05) is 0 Å². The minimum atomic E-state index is -0.494. The smallest absolute Gasteiger partial charge is 0.150 e. The van der Waals surface area contributed by atoms with Crippen LogP contribution >= 0.6 is 0 Å². The van der Waals surface area contributed by atoms with Gasteiger partial charge in [0.25, 0.3) is 0 Å². The number of nitrogens with zero attached hydrogens (tertiary/aromatic N) is 4. The summed E-state index contributed by atoms with van der Waals surface area (Å²) in [5.41, 5.74) is 1.72. The maximum Gasteiger partial charge on any atom is 0.150 e. The lowest BCUT2D eigenvalue weighted by atomic mass is 10.0. The Kier molecular flexibility index (Phi) is 10.4. The topological polar surface area (TPSA) is 91.0 Å². The van der Waals surface area contributed by atoms with Gasteiger partial charge in [-0.1, -0.05) is 48.8 Å². The standard InChI is InChI=1S/C22H28F2N4O2/c23-19-13-11-17(27-21(19)15-25-29)9-7-5-3-1-2-4-6-8-10-18-12-14-20(24)22(28-18)16-26-30/h11-16,29-30H,1-10H2. The highest BCUT2D eigenvalue weighted by atomic mass is 19.1. The Bertz CT molecular complexity index is 774. The van der Waals surface area contributed by atoms with Gasteiger partial charge in [-0.15, -0.1) is 0 Å². The van der Waals surface area contributed by atoms with E-state index in [1.165, 1.54) is 25.0 Å². The van der Waals surface area contributed by atoms with E-state index < -0.39 is 11.6 Å².